The molecule has 0 aliphatic rings. The summed E-state index contributed by atoms with van der Waals surface area (Å²) in [6.07, 6.45) is 5.46. The fraction of sp³-hybridized carbons (Fsp3) is 0.867. The highest BCUT2D eigenvalue weighted by atomic mass is 16.2. The zero-order chi connectivity index (χ0) is 15.4. The molecule has 0 saturated carbocycles. The minimum atomic E-state index is 0.127. The molecule has 1 unspecified atom stereocenters. The van der Waals surface area contributed by atoms with Gasteiger partial charge in [0.15, 0.2) is 5.96 Å². The van der Waals surface area contributed by atoms with E-state index in [1.54, 1.807) is 26.0 Å². The van der Waals surface area contributed by atoms with Crippen LogP contribution in [0.1, 0.15) is 46.0 Å². The van der Waals surface area contributed by atoms with Crippen molar-refractivity contribution in [1.29, 1.82) is 0 Å². The number of hydrogen-bond acceptors (Lipinski definition) is 2. The summed E-state index contributed by atoms with van der Waals surface area (Å²) in [6.45, 7) is 6.01. The Morgan fingerprint density at radius 2 is 1.95 bits per heavy atom. The van der Waals surface area contributed by atoms with E-state index in [-0.39, 0.29) is 5.91 Å². The monoisotopic (exact) mass is 284 g/mol. The van der Waals surface area contributed by atoms with Crippen LogP contribution in [0.25, 0.3) is 0 Å². The highest BCUT2D eigenvalue weighted by Gasteiger charge is 2.08. The summed E-state index contributed by atoms with van der Waals surface area (Å²) < 4.78 is 0. The van der Waals surface area contributed by atoms with Gasteiger partial charge in [-0.1, -0.05) is 33.1 Å². The molecule has 118 valence electrons. The van der Waals surface area contributed by atoms with Gasteiger partial charge in [-0.2, -0.15) is 0 Å². The molecule has 1 amide bonds. The van der Waals surface area contributed by atoms with Gasteiger partial charge in [-0.3, -0.25) is 9.79 Å². The normalized spacial score (nSPS) is 12.9. The van der Waals surface area contributed by atoms with Crippen LogP contribution in [0.4, 0.5) is 0 Å². The topological polar surface area (TPSA) is 56.7 Å². The second-order valence-electron chi connectivity index (χ2n) is 5.33. The van der Waals surface area contributed by atoms with Crippen molar-refractivity contribution in [3.63, 3.8) is 0 Å². The van der Waals surface area contributed by atoms with Crippen LogP contribution in [-0.4, -0.2) is 51.0 Å². The van der Waals surface area contributed by atoms with Gasteiger partial charge in [0.2, 0.25) is 5.91 Å². The summed E-state index contributed by atoms with van der Waals surface area (Å²) in [5.41, 5.74) is 0. The molecule has 20 heavy (non-hydrogen) atoms. The molecule has 2 N–H and O–H groups in total. The second-order valence-corrected chi connectivity index (χ2v) is 5.33. The van der Waals surface area contributed by atoms with Gasteiger partial charge in [-0.15, -0.1) is 0 Å². The lowest BCUT2D eigenvalue weighted by Gasteiger charge is -2.18. The lowest BCUT2D eigenvalue weighted by molar-refractivity contribution is -0.128. The predicted octanol–water partition coefficient (Wildman–Crippen LogP) is 1.85. The first-order valence-electron chi connectivity index (χ1n) is 7.69. The molecule has 0 fully saturated rings. The van der Waals surface area contributed by atoms with Crippen molar-refractivity contribution in [2.45, 2.75) is 46.0 Å². The minimum absolute atomic E-state index is 0.127. The molecule has 0 aliphatic heterocycles. The van der Waals surface area contributed by atoms with Gasteiger partial charge < -0.3 is 15.5 Å². The summed E-state index contributed by atoms with van der Waals surface area (Å²) in [5, 5.41) is 6.53. The predicted molar refractivity (Wildman–Crippen MR) is 86.0 cm³/mol. The van der Waals surface area contributed by atoms with E-state index >= 15 is 0 Å². The summed E-state index contributed by atoms with van der Waals surface area (Å²) >= 11 is 0. The number of aliphatic imine (C=N–C) groups is 1. The third-order valence-corrected chi connectivity index (χ3v) is 3.46. The maximum Gasteiger partial charge on any atom is 0.223 e. The average molecular weight is 284 g/mol. The number of hydrogen-bond donors (Lipinski definition) is 2. The minimum Gasteiger partial charge on any atom is -0.356 e. The van der Waals surface area contributed by atoms with Crippen molar-refractivity contribution in [2.24, 2.45) is 10.9 Å². The zero-order valence-corrected chi connectivity index (χ0v) is 13.8. The highest BCUT2D eigenvalue weighted by Crippen LogP contribution is 2.10. The molecule has 0 saturated heterocycles. The lowest BCUT2D eigenvalue weighted by Crippen LogP contribution is -2.41. The van der Waals surface area contributed by atoms with Crippen LogP contribution < -0.4 is 10.6 Å². The van der Waals surface area contributed by atoms with Crippen molar-refractivity contribution in [3.05, 3.63) is 0 Å². The van der Waals surface area contributed by atoms with E-state index in [2.05, 4.69) is 29.5 Å². The Morgan fingerprint density at radius 3 is 2.45 bits per heavy atom. The standard InChI is InChI=1S/C15H32N4O/c1-6-8-9-13(7-2)12-18-15(16-3)17-11-10-14(20)19(4)5/h13H,6-12H2,1-5H3,(H2,16,17,18). The van der Waals surface area contributed by atoms with Gasteiger partial charge in [0, 0.05) is 40.7 Å². The molecule has 0 bridgehead atoms. The first-order valence-corrected chi connectivity index (χ1v) is 7.69. The molecule has 0 aromatic heterocycles. The Labute approximate surface area is 124 Å². The quantitative estimate of drug-likeness (QED) is 0.502. The number of unbranched alkanes of at least 4 members (excludes halogenated alkanes) is 1. The van der Waals surface area contributed by atoms with Crippen molar-refractivity contribution < 1.29 is 4.79 Å². The number of guanidine groups is 1. The van der Waals surface area contributed by atoms with Gasteiger partial charge in [-0.25, -0.2) is 0 Å². The van der Waals surface area contributed by atoms with Crippen LogP contribution in [-0.2, 0) is 4.79 Å². The van der Waals surface area contributed by atoms with Crippen LogP contribution in [0.5, 0.6) is 0 Å². The molecule has 0 radical (unpaired) electrons. The Kier molecular flexibility index (Phi) is 10.8. The van der Waals surface area contributed by atoms with E-state index in [9.17, 15) is 4.79 Å². The summed E-state index contributed by atoms with van der Waals surface area (Å²) in [4.78, 5) is 17.3. The number of rotatable bonds is 9. The average Bonchev–Trinajstić information content (AvgIpc) is 2.44. The smallest absolute Gasteiger partial charge is 0.223 e. The Hall–Kier alpha value is -1.26. The van der Waals surface area contributed by atoms with Gasteiger partial charge in [0.25, 0.3) is 0 Å². The molecule has 5 nitrogen and oxygen atoms in total. The summed E-state index contributed by atoms with van der Waals surface area (Å²) in [5.74, 6) is 1.60. The van der Waals surface area contributed by atoms with E-state index < -0.39 is 0 Å². The largest absolute Gasteiger partial charge is 0.356 e. The van der Waals surface area contributed by atoms with Crippen LogP contribution in [0.15, 0.2) is 4.99 Å². The highest BCUT2D eigenvalue weighted by molar-refractivity contribution is 5.81. The van der Waals surface area contributed by atoms with Gasteiger partial charge in [-0.05, 0) is 12.3 Å². The van der Waals surface area contributed by atoms with Crippen molar-refractivity contribution >= 4 is 11.9 Å². The van der Waals surface area contributed by atoms with E-state index in [1.165, 1.54) is 25.7 Å². The number of carbonyl (C=O) groups excluding carboxylic acids is 1. The zero-order valence-electron chi connectivity index (χ0n) is 13.8. The van der Waals surface area contributed by atoms with Crippen molar-refractivity contribution in [2.75, 3.05) is 34.2 Å². The second kappa shape index (κ2) is 11.6. The van der Waals surface area contributed by atoms with Crippen molar-refractivity contribution in [3.8, 4) is 0 Å². The molecular weight excluding hydrogens is 252 g/mol. The molecule has 1 atom stereocenters. The van der Waals surface area contributed by atoms with Crippen LogP contribution in [0, 0.1) is 5.92 Å². The third-order valence-electron chi connectivity index (χ3n) is 3.46. The lowest BCUT2D eigenvalue weighted by atomic mass is 9.99. The first kappa shape index (κ1) is 18.7. The molecule has 0 heterocycles. The Bertz CT molecular complexity index is 290. The number of nitrogens with one attached hydrogen (secondary N) is 2. The van der Waals surface area contributed by atoms with Crippen LogP contribution in [0.2, 0.25) is 0 Å². The van der Waals surface area contributed by atoms with Gasteiger partial charge in [0.05, 0.1) is 0 Å². The molecule has 0 rings (SSSR count). The summed E-state index contributed by atoms with van der Waals surface area (Å²) in [6, 6.07) is 0. The maximum atomic E-state index is 11.5. The number of amides is 1. The fourth-order valence-electron chi connectivity index (χ4n) is 1.92. The number of carbonyl (C=O) groups is 1. The maximum absolute atomic E-state index is 11.5. The SMILES string of the molecule is CCCCC(CC)CNC(=NC)NCCC(=O)N(C)C. The first-order chi connectivity index (χ1) is 9.54. The molecule has 5 heteroatoms. The molecule has 0 aliphatic carbocycles. The fourth-order valence-corrected chi connectivity index (χ4v) is 1.92. The number of nitrogens with zero attached hydrogens (tertiary/aromatic N) is 2. The van der Waals surface area contributed by atoms with Crippen LogP contribution in [0.3, 0.4) is 0 Å². The van der Waals surface area contributed by atoms with Crippen molar-refractivity contribution in [1.82, 2.24) is 15.5 Å². The van der Waals surface area contributed by atoms with Gasteiger partial charge in [0.1, 0.15) is 0 Å². The van der Waals surface area contributed by atoms with E-state index in [0.29, 0.717) is 18.9 Å². The van der Waals surface area contributed by atoms with E-state index in [0.717, 1.165) is 12.5 Å². The molecule has 0 aromatic carbocycles. The molecule has 0 aromatic rings. The van der Waals surface area contributed by atoms with Crippen LogP contribution >= 0.6 is 0 Å². The molecule has 0 spiro atoms. The van der Waals surface area contributed by atoms with E-state index in [4.69, 9.17) is 0 Å². The third kappa shape index (κ3) is 8.77. The summed E-state index contributed by atoms with van der Waals surface area (Å²) in [7, 11) is 5.31. The van der Waals surface area contributed by atoms with E-state index in [1.807, 2.05) is 0 Å². The van der Waals surface area contributed by atoms with Gasteiger partial charge >= 0.3 is 0 Å². The Morgan fingerprint density at radius 1 is 1.25 bits per heavy atom. The molecular formula is C15H32N4O. The Balaban J connectivity index is 3.95.